The molecule has 0 bridgehead atoms. The summed E-state index contributed by atoms with van der Waals surface area (Å²) >= 11 is 1.24. The Morgan fingerprint density at radius 1 is 1.31 bits per heavy atom. The molecular formula is C16H25N3O5S2. The predicted molar refractivity (Wildman–Crippen MR) is 98.6 cm³/mol. The van der Waals surface area contributed by atoms with Crippen LogP contribution in [0.4, 0.5) is 4.79 Å². The fraction of sp³-hybridized carbons (Fsp3) is 0.625. The average Bonchev–Trinajstić information content (AvgIpc) is 3.06. The van der Waals surface area contributed by atoms with Crippen LogP contribution in [0.3, 0.4) is 0 Å². The Labute approximate surface area is 158 Å². The Bertz CT molecular complexity index is 732. The van der Waals surface area contributed by atoms with Crippen molar-refractivity contribution in [1.82, 2.24) is 14.9 Å². The lowest BCUT2D eigenvalue weighted by atomic mass is 9.99. The Morgan fingerprint density at radius 2 is 2.04 bits per heavy atom. The number of carbonyl (C=O) groups excluding carboxylic acids is 2. The third kappa shape index (κ3) is 5.42. The highest BCUT2D eigenvalue weighted by molar-refractivity contribution is 7.91. The van der Waals surface area contributed by atoms with Crippen molar-refractivity contribution in [2.45, 2.75) is 30.9 Å². The predicted octanol–water partition coefficient (Wildman–Crippen LogP) is 1.32. The lowest BCUT2D eigenvalue weighted by Gasteiger charge is -2.30. The van der Waals surface area contributed by atoms with E-state index in [0.29, 0.717) is 23.6 Å². The summed E-state index contributed by atoms with van der Waals surface area (Å²) in [6.07, 6.45) is 0.762. The number of ether oxygens (including phenoxy) is 1. The maximum Gasteiger partial charge on any atom is 0.407 e. The highest BCUT2D eigenvalue weighted by Crippen LogP contribution is 2.28. The van der Waals surface area contributed by atoms with Crippen LogP contribution in [0, 0.1) is 12.8 Å². The van der Waals surface area contributed by atoms with Crippen LogP contribution in [0.25, 0.3) is 0 Å². The van der Waals surface area contributed by atoms with Crippen molar-refractivity contribution in [2.24, 2.45) is 5.92 Å². The zero-order valence-electron chi connectivity index (χ0n) is 15.0. The molecule has 0 aromatic carbocycles. The normalized spacial score (nSPS) is 18.3. The van der Waals surface area contributed by atoms with Gasteiger partial charge in [-0.15, -0.1) is 11.3 Å². The minimum atomic E-state index is -3.55. The van der Waals surface area contributed by atoms with Crippen LogP contribution in [0.1, 0.15) is 24.6 Å². The maximum atomic E-state index is 12.7. The molecule has 1 aromatic heterocycles. The fourth-order valence-corrected chi connectivity index (χ4v) is 5.69. The summed E-state index contributed by atoms with van der Waals surface area (Å²) in [4.78, 5) is 24.4. The number of aryl methyl sites for hydroxylation is 1. The quantitative estimate of drug-likeness (QED) is 0.668. The Hall–Kier alpha value is -1.65. The summed E-state index contributed by atoms with van der Waals surface area (Å²) in [6.45, 7) is 4.99. The molecule has 8 nitrogen and oxygen atoms in total. The van der Waals surface area contributed by atoms with E-state index < -0.39 is 16.1 Å². The van der Waals surface area contributed by atoms with Gasteiger partial charge in [-0.1, -0.05) is 0 Å². The van der Waals surface area contributed by atoms with Gasteiger partial charge in [0, 0.05) is 31.1 Å². The van der Waals surface area contributed by atoms with Crippen LogP contribution in [0.5, 0.6) is 0 Å². The lowest BCUT2D eigenvalue weighted by Crippen LogP contribution is -2.46. The largest absolute Gasteiger partial charge is 0.450 e. The van der Waals surface area contributed by atoms with Crippen LogP contribution in [-0.2, 0) is 19.6 Å². The molecule has 2 rings (SSSR count). The number of carbonyl (C=O) groups is 2. The minimum absolute atomic E-state index is 0.177. The van der Waals surface area contributed by atoms with Crippen molar-refractivity contribution in [1.29, 1.82) is 0 Å². The number of amides is 2. The zero-order chi connectivity index (χ0) is 19.2. The number of rotatable bonds is 7. The molecule has 0 aliphatic carbocycles. The molecule has 26 heavy (non-hydrogen) atoms. The molecule has 1 aliphatic heterocycles. The first-order chi connectivity index (χ1) is 12.3. The van der Waals surface area contributed by atoms with Gasteiger partial charge in [-0.05, 0) is 38.8 Å². The number of nitrogens with zero attached hydrogens (tertiary/aromatic N) is 1. The number of hydrogen-bond acceptors (Lipinski definition) is 6. The molecule has 2 amide bonds. The van der Waals surface area contributed by atoms with Crippen molar-refractivity contribution in [2.75, 3.05) is 32.8 Å². The monoisotopic (exact) mass is 403 g/mol. The molecule has 2 N–H and O–H groups in total. The Balaban J connectivity index is 1.85. The van der Waals surface area contributed by atoms with Crippen molar-refractivity contribution in [3.8, 4) is 0 Å². The van der Waals surface area contributed by atoms with Gasteiger partial charge in [0.1, 0.15) is 4.21 Å². The second-order valence-electron chi connectivity index (χ2n) is 6.01. The molecule has 1 saturated heterocycles. The molecule has 146 valence electrons. The molecule has 1 aliphatic rings. The summed E-state index contributed by atoms with van der Waals surface area (Å²) in [7, 11) is -3.55. The van der Waals surface area contributed by atoms with E-state index in [9.17, 15) is 18.0 Å². The van der Waals surface area contributed by atoms with Gasteiger partial charge in [-0.25, -0.2) is 13.2 Å². The van der Waals surface area contributed by atoms with Gasteiger partial charge in [-0.2, -0.15) is 4.31 Å². The van der Waals surface area contributed by atoms with Crippen LogP contribution < -0.4 is 10.6 Å². The van der Waals surface area contributed by atoms with Gasteiger partial charge in [0.2, 0.25) is 5.91 Å². The Kier molecular flexibility index (Phi) is 7.42. The molecule has 1 atom stereocenters. The van der Waals surface area contributed by atoms with Crippen LogP contribution in [0.2, 0.25) is 0 Å². The molecule has 1 aromatic rings. The van der Waals surface area contributed by atoms with Crippen molar-refractivity contribution in [3.63, 3.8) is 0 Å². The zero-order valence-corrected chi connectivity index (χ0v) is 16.6. The van der Waals surface area contributed by atoms with Crippen molar-refractivity contribution in [3.05, 3.63) is 17.0 Å². The smallest absolute Gasteiger partial charge is 0.407 e. The molecule has 0 radical (unpaired) electrons. The van der Waals surface area contributed by atoms with Gasteiger partial charge < -0.3 is 15.4 Å². The first kappa shape index (κ1) is 20.7. The number of alkyl carbamates (subject to hydrolysis) is 1. The van der Waals surface area contributed by atoms with Crippen LogP contribution in [-0.4, -0.2) is 57.5 Å². The summed E-state index contributed by atoms with van der Waals surface area (Å²) in [5.74, 6) is -0.583. The van der Waals surface area contributed by atoms with E-state index in [-0.39, 0.29) is 38.1 Å². The van der Waals surface area contributed by atoms with E-state index in [1.54, 1.807) is 19.1 Å². The Morgan fingerprint density at radius 3 is 2.69 bits per heavy atom. The minimum Gasteiger partial charge on any atom is -0.450 e. The van der Waals surface area contributed by atoms with Gasteiger partial charge in [0.05, 0.1) is 12.5 Å². The SMILES string of the molecule is CCOC(=O)NCCNC(=O)C1CCCN(S(=O)(=O)c2ccc(C)s2)C1. The first-order valence-electron chi connectivity index (χ1n) is 8.59. The van der Waals surface area contributed by atoms with Gasteiger partial charge in [0.15, 0.2) is 0 Å². The number of sulfonamides is 1. The summed E-state index contributed by atoms with van der Waals surface area (Å²) in [5, 5.41) is 5.26. The van der Waals surface area contributed by atoms with Crippen molar-refractivity contribution >= 4 is 33.4 Å². The van der Waals surface area contributed by atoms with Gasteiger partial charge >= 0.3 is 6.09 Å². The molecular weight excluding hydrogens is 378 g/mol. The van der Waals surface area contributed by atoms with Gasteiger partial charge in [-0.3, -0.25) is 4.79 Å². The van der Waals surface area contributed by atoms with E-state index in [1.807, 2.05) is 6.92 Å². The van der Waals surface area contributed by atoms with Crippen LogP contribution >= 0.6 is 11.3 Å². The number of nitrogens with one attached hydrogen (secondary N) is 2. The van der Waals surface area contributed by atoms with E-state index in [1.165, 1.54) is 15.6 Å². The standard InChI is InChI=1S/C16H25N3O5S2/c1-3-24-16(21)18-9-8-17-15(20)13-5-4-10-19(11-13)26(22,23)14-7-6-12(2)25-14/h6-7,13H,3-5,8-11H2,1-2H3,(H,17,20)(H,18,21). The topological polar surface area (TPSA) is 105 Å². The lowest BCUT2D eigenvalue weighted by molar-refractivity contribution is -0.126. The van der Waals surface area contributed by atoms with E-state index in [4.69, 9.17) is 4.74 Å². The number of thiophene rings is 1. The number of piperidine rings is 1. The third-order valence-electron chi connectivity index (χ3n) is 4.03. The number of hydrogen-bond donors (Lipinski definition) is 2. The second kappa shape index (κ2) is 9.33. The first-order valence-corrected chi connectivity index (χ1v) is 10.8. The van der Waals surface area contributed by atoms with Crippen molar-refractivity contribution < 1.29 is 22.7 Å². The van der Waals surface area contributed by atoms with E-state index in [0.717, 1.165) is 4.88 Å². The molecule has 2 heterocycles. The van der Waals surface area contributed by atoms with Crippen LogP contribution in [0.15, 0.2) is 16.3 Å². The summed E-state index contributed by atoms with van der Waals surface area (Å²) in [6, 6.07) is 3.39. The van der Waals surface area contributed by atoms with Gasteiger partial charge in [0.25, 0.3) is 10.0 Å². The van der Waals surface area contributed by atoms with E-state index >= 15 is 0 Å². The summed E-state index contributed by atoms with van der Waals surface area (Å²) in [5.41, 5.74) is 0. The fourth-order valence-electron chi connectivity index (χ4n) is 2.73. The maximum absolute atomic E-state index is 12.7. The average molecular weight is 404 g/mol. The van der Waals surface area contributed by atoms with E-state index in [2.05, 4.69) is 10.6 Å². The molecule has 10 heteroatoms. The second-order valence-corrected chi connectivity index (χ2v) is 9.46. The third-order valence-corrected chi connectivity index (χ3v) is 7.37. The molecule has 0 saturated carbocycles. The molecule has 1 fully saturated rings. The molecule has 0 spiro atoms. The highest BCUT2D eigenvalue weighted by atomic mass is 32.2. The molecule has 1 unspecified atom stereocenters. The summed E-state index contributed by atoms with van der Waals surface area (Å²) < 4.78 is 31.8. The highest BCUT2D eigenvalue weighted by Gasteiger charge is 2.33.